The predicted molar refractivity (Wildman–Crippen MR) is 137 cm³/mol. The molecule has 0 bridgehead atoms. The van der Waals surface area contributed by atoms with Gasteiger partial charge in [-0.1, -0.05) is 45.9 Å². The average molecular weight is 486 g/mol. The van der Waals surface area contributed by atoms with E-state index in [4.69, 9.17) is 0 Å². The smallest absolute Gasteiger partial charge is 0.335 e. The molecule has 2 aromatic rings. The summed E-state index contributed by atoms with van der Waals surface area (Å²) in [5, 5.41) is 20.3. The van der Waals surface area contributed by atoms with Gasteiger partial charge in [0.15, 0.2) is 11.6 Å². The third-order valence-corrected chi connectivity index (χ3v) is 7.53. The van der Waals surface area contributed by atoms with Gasteiger partial charge in [0.1, 0.15) is 5.75 Å². The van der Waals surface area contributed by atoms with Crippen LogP contribution in [0.4, 0.5) is 5.69 Å². The molecule has 2 N–H and O–H groups in total. The standard InChI is InChI=1S/C30H31NO5/c1-29(2)13-20-26(23(33)15-29)25(19-7-5-6-8-22(19)32)27-21(14-30(3,4)16-24(27)34)31(20)18-11-9-17(10-12-18)28(35)36/h5-12,25,32H,13-16H2,1-4H3,(H,35,36). The van der Waals surface area contributed by atoms with Gasteiger partial charge < -0.3 is 15.1 Å². The Labute approximate surface area is 210 Å². The Hall–Kier alpha value is -3.67. The first kappa shape index (κ1) is 24.0. The van der Waals surface area contributed by atoms with Crippen molar-refractivity contribution in [2.45, 2.75) is 59.3 Å². The molecule has 1 aliphatic heterocycles. The first-order valence-corrected chi connectivity index (χ1v) is 12.3. The summed E-state index contributed by atoms with van der Waals surface area (Å²) in [5.41, 5.74) is 3.68. The number of carbonyl (C=O) groups is 3. The summed E-state index contributed by atoms with van der Waals surface area (Å²) in [6.07, 6.45) is 1.93. The van der Waals surface area contributed by atoms with Gasteiger partial charge in [0.2, 0.25) is 0 Å². The lowest BCUT2D eigenvalue weighted by Crippen LogP contribution is -2.44. The number of hydrogen-bond donors (Lipinski definition) is 2. The molecule has 2 aromatic carbocycles. The lowest BCUT2D eigenvalue weighted by atomic mass is 9.63. The molecule has 2 aliphatic carbocycles. The number of ketones is 2. The first-order valence-electron chi connectivity index (χ1n) is 12.3. The number of carboxylic acid groups (broad SMARTS) is 1. The number of nitrogens with zero attached hydrogens (tertiary/aromatic N) is 1. The molecule has 0 fully saturated rings. The van der Waals surface area contributed by atoms with E-state index in [9.17, 15) is 24.6 Å². The monoisotopic (exact) mass is 485 g/mol. The Balaban J connectivity index is 1.82. The van der Waals surface area contributed by atoms with Crippen molar-refractivity contribution < 1.29 is 24.6 Å². The van der Waals surface area contributed by atoms with Crippen molar-refractivity contribution in [3.63, 3.8) is 0 Å². The van der Waals surface area contributed by atoms with Crippen molar-refractivity contribution in [3.05, 3.63) is 82.2 Å². The van der Waals surface area contributed by atoms with Gasteiger partial charge in [-0.05, 0) is 54.0 Å². The summed E-state index contributed by atoms with van der Waals surface area (Å²) < 4.78 is 0. The normalized spacial score (nSPS) is 21.4. The van der Waals surface area contributed by atoms with Crippen molar-refractivity contribution in [2.75, 3.05) is 4.90 Å². The van der Waals surface area contributed by atoms with Crippen LogP contribution in [0.1, 0.15) is 75.2 Å². The third kappa shape index (κ3) is 3.94. The molecule has 0 atom stereocenters. The summed E-state index contributed by atoms with van der Waals surface area (Å²) in [4.78, 5) is 41.1. The molecule has 0 saturated heterocycles. The van der Waals surface area contributed by atoms with Gasteiger partial charge >= 0.3 is 5.97 Å². The van der Waals surface area contributed by atoms with Crippen LogP contribution in [0.15, 0.2) is 71.1 Å². The minimum Gasteiger partial charge on any atom is -0.508 e. The number of benzene rings is 2. The second kappa shape index (κ2) is 8.19. The van der Waals surface area contributed by atoms with Crippen molar-refractivity contribution >= 4 is 23.2 Å². The molecule has 0 amide bonds. The zero-order chi connectivity index (χ0) is 26.0. The van der Waals surface area contributed by atoms with E-state index in [1.165, 1.54) is 0 Å². The number of phenols is 1. The molecule has 36 heavy (non-hydrogen) atoms. The minimum atomic E-state index is -1.01. The Morgan fingerprint density at radius 1 is 0.806 bits per heavy atom. The molecule has 5 rings (SSSR count). The van der Waals surface area contributed by atoms with Gasteiger partial charge in [-0.25, -0.2) is 4.79 Å². The fourth-order valence-corrected chi connectivity index (χ4v) is 6.07. The van der Waals surface area contributed by atoms with Crippen molar-refractivity contribution in [3.8, 4) is 5.75 Å². The maximum absolute atomic E-state index is 13.8. The maximum Gasteiger partial charge on any atom is 0.335 e. The van der Waals surface area contributed by atoms with E-state index in [0.717, 1.165) is 17.1 Å². The lowest BCUT2D eigenvalue weighted by Gasteiger charge is -2.49. The van der Waals surface area contributed by atoms with Crippen LogP contribution < -0.4 is 4.90 Å². The van der Waals surface area contributed by atoms with Crippen LogP contribution >= 0.6 is 0 Å². The molecule has 1 heterocycles. The highest BCUT2D eigenvalue weighted by Crippen LogP contribution is 2.56. The number of carbonyl (C=O) groups excluding carboxylic acids is 2. The molecule has 0 saturated carbocycles. The molecule has 6 nitrogen and oxygen atoms in total. The topological polar surface area (TPSA) is 94.9 Å². The van der Waals surface area contributed by atoms with E-state index in [0.29, 0.717) is 42.4 Å². The van der Waals surface area contributed by atoms with Crippen molar-refractivity contribution in [1.29, 1.82) is 0 Å². The number of anilines is 1. The van der Waals surface area contributed by atoms with Gasteiger partial charge in [0.25, 0.3) is 0 Å². The van der Waals surface area contributed by atoms with Crippen molar-refractivity contribution in [2.24, 2.45) is 10.8 Å². The Kier molecular flexibility index (Phi) is 5.47. The van der Waals surface area contributed by atoms with E-state index in [2.05, 4.69) is 27.7 Å². The van der Waals surface area contributed by atoms with Crippen LogP contribution in [0, 0.1) is 10.8 Å². The summed E-state index contributed by atoms with van der Waals surface area (Å²) in [6.45, 7) is 8.26. The van der Waals surface area contributed by atoms with Crippen molar-refractivity contribution in [1.82, 2.24) is 0 Å². The number of carboxylic acids is 1. The molecule has 0 aromatic heterocycles. The van der Waals surface area contributed by atoms with Crippen LogP contribution in [0.3, 0.4) is 0 Å². The van der Waals surface area contributed by atoms with Crippen LogP contribution in [-0.2, 0) is 9.59 Å². The van der Waals surface area contributed by atoms with Gasteiger partial charge in [-0.3, -0.25) is 9.59 Å². The Morgan fingerprint density at radius 3 is 1.78 bits per heavy atom. The average Bonchev–Trinajstić information content (AvgIpc) is 2.76. The van der Waals surface area contributed by atoms with E-state index < -0.39 is 11.9 Å². The summed E-state index contributed by atoms with van der Waals surface area (Å²) >= 11 is 0. The number of rotatable bonds is 3. The highest BCUT2D eigenvalue weighted by molar-refractivity contribution is 6.08. The Bertz CT molecular complexity index is 1310. The second-order valence-electron chi connectivity index (χ2n) is 11.8. The minimum absolute atomic E-state index is 0.0224. The largest absolute Gasteiger partial charge is 0.508 e. The van der Waals surface area contributed by atoms with Gasteiger partial charge in [0, 0.05) is 52.6 Å². The number of hydrogen-bond acceptors (Lipinski definition) is 5. The molecule has 3 aliphatic rings. The molecule has 0 spiro atoms. The van der Waals surface area contributed by atoms with E-state index in [1.807, 2.05) is 11.0 Å². The molecule has 186 valence electrons. The third-order valence-electron chi connectivity index (χ3n) is 7.53. The maximum atomic E-state index is 13.8. The number of allylic oxidation sites excluding steroid dienone is 4. The van der Waals surface area contributed by atoms with E-state index >= 15 is 0 Å². The van der Waals surface area contributed by atoms with Crippen LogP contribution in [0.2, 0.25) is 0 Å². The molecular formula is C30H31NO5. The SMILES string of the molecule is CC1(C)CC(=O)C2=C(C1)N(c1ccc(C(=O)O)cc1)C1=C(C(=O)CC(C)(C)C1)C2c1ccccc1O. The molecule has 6 heteroatoms. The lowest BCUT2D eigenvalue weighted by molar-refractivity contribution is -0.119. The van der Waals surface area contributed by atoms with E-state index in [1.54, 1.807) is 42.5 Å². The molecule has 0 radical (unpaired) electrons. The quantitative estimate of drug-likeness (QED) is 0.555. The number of Topliss-reactive ketones (excluding diaryl/α,β-unsaturated/α-hetero) is 2. The second-order valence-corrected chi connectivity index (χ2v) is 11.8. The number of aromatic hydroxyl groups is 1. The summed E-state index contributed by atoms with van der Waals surface area (Å²) in [6, 6.07) is 13.6. The van der Waals surface area contributed by atoms with Gasteiger partial charge in [-0.15, -0.1) is 0 Å². The first-order chi connectivity index (χ1) is 16.9. The fourth-order valence-electron chi connectivity index (χ4n) is 6.07. The van der Waals surface area contributed by atoms with Crippen LogP contribution in [0.25, 0.3) is 0 Å². The molecule has 0 unspecified atom stereocenters. The highest BCUT2D eigenvalue weighted by Gasteiger charge is 2.49. The Morgan fingerprint density at radius 2 is 1.31 bits per heavy atom. The fraction of sp³-hybridized carbons (Fsp3) is 0.367. The van der Waals surface area contributed by atoms with Crippen LogP contribution in [-0.4, -0.2) is 27.7 Å². The zero-order valence-electron chi connectivity index (χ0n) is 21.1. The summed E-state index contributed by atoms with van der Waals surface area (Å²) in [7, 11) is 0. The van der Waals surface area contributed by atoms with Gasteiger partial charge in [0.05, 0.1) is 5.56 Å². The van der Waals surface area contributed by atoms with Crippen LogP contribution in [0.5, 0.6) is 5.75 Å². The number of phenolic OH excluding ortho intramolecular Hbond substituents is 1. The highest BCUT2D eigenvalue weighted by atomic mass is 16.4. The number of aromatic carboxylic acids is 1. The summed E-state index contributed by atoms with van der Waals surface area (Å²) in [5.74, 6) is -1.62. The van der Waals surface area contributed by atoms with Gasteiger partial charge in [-0.2, -0.15) is 0 Å². The zero-order valence-corrected chi connectivity index (χ0v) is 21.1. The predicted octanol–water partition coefficient (Wildman–Crippen LogP) is 5.98. The van der Waals surface area contributed by atoms with E-state index in [-0.39, 0.29) is 33.7 Å². The number of para-hydroxylation sites is 1. The molecular weight excluding hydrogens is 454 g/mol.